The van der Waals surface area contributed by atoms with Crippen molar-refractivity contribution in [2.24, 2.45) is 0 Å². The number of carbonyl (C=O) groups is 1. The second kappa shape index (κ2) is 7.55. The number of nitrogen functional groups attached to an aromatic ring is 1. The summed E-state index contributed by atoms with van der Waals surface area (Å²) in [4.78, 5) is 11.5. The quantitative estimate of drug-likeness (QED) is 0.456. The van der Waals surface area contributed by atoms with Crippen molar-refractivity contribution < 1.29 is 19.0 Å². The number of esters is 1. The summed E-state index contributed by atoms with van der Waals surface area (Å²) in [5, 5.41) is 0. The van der Waals surface area contributed by atoms with Gasteiger partial charge >= 0.3 is 5.97 Å². The molecule has 0 aliphatic heterocycles. The molecule has 5 nitrogen and oxygen atoms in total. The van der Waals surface area contributed by atoms with Crippen molar-refractivity contribution in [2.45, 2.75) is 13.3 Å². The van der Waals surface area contributed by atoms with Crippen molar-refractivity contribution in [2.75, 3.05) is 32.7 Å². The zero-order valence-corrected chi connectivity index (χ0v) is 10.8. The van der Waals surface area contributed by atoms with Gasteiger partial charge in [0.15, 0.2) is 0 Å². The molecular formula is C13H19NO4. The Bertz CT molecular complexity index is 393. The number of hydrogen-bond donors (Lipinski definition) is 1. The predicted molar refractivity (Wildman–Crippen MR) is 68.8 cm³/mol. The van der Waals surface area contributed by atoms with Crippen LogP contribution in [-0.4, -0.2) is 32.9 Å². The van der Waals surface area contributed by atoms with Gasteiger partial charge in [-0.1, -0.05) is 6.92 Å². The van der Waals surface area contributed by atoms with Crippen LogP contribution in [0.4, 0.5) is 5.69 Å². The summed E-state index contributed by atoms with van der Waals surface area (Å²) in [5.74, 6) is -0.0112. The summed E-state index contributed by atoms with van der Waals surface area (Å²) >= 11 is 0. The number of nitrogens with two attached hydrogens (primary N) is 1. The minimum absolute atomic E-state index is 0.327. The molecular weight excluding hydrogens is 234 g/mol. The van der Waals surface area contributed by atoms with Crippen LogP contribution in [0.25, 0.3) is 0 Å². The molecule has 1 rings (SSSR count). The van der Waals surface area contributed by atoms with E-state index >= 15 is 0 Å². The molecule has 0 unspecified atom stereocenters. The minimum Gasteiger partial charge on any atom is -0.490 e. The summed E-state index contributed by atoms with van der Waals surface area (Å²) in [7, 11) is 1.32. The third-order valence-electron chi connectivity index (χ3n) is 2.24. The van der Waals surface area contributed by atoms with E-state index in [-0.39, 0.29) is 0 Å². The molecule has 0 heterocycles. The largest absolute Gasteiger partial charge is 0.490 e. The summed E-state index contributed by atoms with van der Waals surface area (Å²) in [6.07, 6.45) is 0.968. The molecule has 0 fully saturated rings. The van der Waals surface area contributed by atoms with Gasteiger partial charge in [0.2, 0.25) is 0 Å². The monoisotopic (exact) mass is 253 g/mol. The first-order valence-electron chi connectivity index (χ1n) is 5.87. The number of ether oxygens (including phenoxy) is 3. The van der Waals surface area contributed by atoms with Gasteiger partial charge in [0.05, 0.1) is 13.7 Å². The third-order valence-corrected chi connectivity index (χ3v) is 2.24. The van der Waals surface area contributed by atoms with Gasteiger partial charge in [0, 0.05) is 12.3 Å². The summed E-state index contributed by atoms with van der Waals surface area (Å²) < 4.78 is 15.4. The SMILES string of the molecule is CCCOCCOc1ccc(N)cc1C(=O)OC. The third kappa shape index (κ3) is 4.25. The fourth-order valence-electron chi connectivity index (χ4n) is 1.40. The van der Waals surface area contributed by atoms with Crippen LogP contribution in [0, 0.1) is 0 Å². The van der Waals surface area contributed by atoms with Gasteiger partial charge in [-0.05, 0) is 24.6 Å². The predicted octanol–water partition coefficient (Wildman–Crippen LogP) is 1.86. The highest BCUT2D eigenvalue weighted by Gasteiger charge is 2.13. The van der Waals surface area contributed by atoms with E-state index in [4.69, 9.17) is 15.2 Å². The molecule has 0 bridgehead atoms. The maximum absolute atomic E-state index is 11.5. The molecule has 18 heavy (non-hydrogen) atoms. The van der Waals surface area contributed by atoms with Crippen molar-refractivity contribution in [1.29, 1.82) is 0 Å². The Morgan fingerprint density at radius 3 is 2.72 bits per heavy atom. The molecule has 0 saturated carbocycles. The Morgan fingerprint density at radius 2 is 2.06 bits per heavy atom. The highest BCUT2D eigenvalue weighted by atomic mass is 16.5. The number of rotatable bonds is 7. The molecule has 0 aliphatic carbocycles. The van der Waals surface area contributed by atoms with E-state index in [0.717, 1.165) is 6.42 Å². The molecule has 1 aromatic carbocycles. The van der Waals surface area contributed by atoms with E-state index in [1.165, 1.54) is 13.2 Å². The lowest BCUT2D eigenvalue weighted by Crippen LogP contribution is -2.11. The fourth-order valence-corrected chi connectivity index (χ4v) is 1.40. The topological polar surface area (TPSA) is 70.8 Å². The molecule has 0 spiro atoms. The highest BCUT2D eigenvalue weighted by molar-refractivity contribution is 5.93. The van der Waals surface area contributed by atoms with E-state index < -0.39 is 5.97 Å². The number of benzene rings is 1. The molecule has 0 saturated heterocycles. The van der Waals surface area contributed by atoms with Crippen molar-refractivity contribution in [3.8, 4) is 5.75 Å². The molecule has 0 aromatic heterocycles. The zero-order chi connectivity index (χ0) is 13.4. The second-order valence-electron chi connectivity index (χ2n) is 3.71. The van der Waals surface area contributed by atoms with Gasteiger partial charge in [-0.3, -0.25) is 0 Å². The molecule has 0 radical (unpaired) electrons. The maximum atomic E-state index is 11.5. The fraction of sp³-hybridized carbons (Fsp3) is 0.462. The normalized spacial score (nSPS) is 10.1. The van der Waals surface area contributed by atoms with Crippen molar-refractivity contribution >= 4 is 11.7 Å². The lowest BCUT2D eigenvalue weighted by molar-refractivity contribution is 0.0591. The number of methoxy groups -OCH3 is 1. The van der Waals surface area contributed by atoms with E-state index in [1.54, 1.807) is 12.1 Å². The molecule has 0 amide bonds. The number of carbonyl (C=O) groups excluding carboxylic acids is 1. The Hall–Kier alpha value is -1.75. The highest BCUT2D eigenvalue weighted by Crippen LogP contribution is 2.22. The number of anilines is 1. The average Bonchev–Trinajstić information content (AvgIpc) is 2.39. The van der Waals surface area contributed by atoms with Gasteiger partial charge in [-0.15, -0.1) is 0 Å². The first-order chi connectivity index (χ1) is 8.69. The first-order valence-corrected chi connectivity index (χ1v) is 5.87. The standard InChI is InChI=1S/C13H19NO4/c1-3-6-17-7-8-18-12-5-4-10(14)9-11(12)13(15)16-2/h4-5,9H,3,6-8,14H2,1-2H3. The second-order valence-corrected chi connectivity index (χ2v) is 3.71. The van der Waals surface area contributed by atoms with Crippen LogP contribution >= 0.6 is 0 Å². The Kier molecular flexibility index (Phi) is 6.00. The molecule has 2 N–H and O–H groups in total. The Morgan fingerprint density at radius 1 is 1.28 bits per heavy atom. The average molecular weight is 253 g/mol. The van der Waals surface area contributed by atoms with Gasteiger partial charge in [0.1, 0.15) is 17.9 Å². The Labute approximate surface area is 107 Å². The van der Waals surface area contributed by atoms with Crippen molar-refractivity contribution in [3.05, 3.63) is 23.8 Å². The van der Waals surface area contributed by atoms with Crippen LogP contribution in [-0.2, 0) is 9.47 Å². The number of hydrogen-bond acceptors (Lipinski definition) is 5. The summed E-state index contributed by atoms with van der Waals surface area (Å²) in [6.45, 7) is 3.61. The van der Waals surface area contributed by atoms with Crippen LogP contribution in [0.15, 0.2) is 18.2 Å². The van der Waals surface area contributed by atoms with Gasteiger partial charge < -0.3 is 19.9 Å². The van der Waals surface area contributed by atoms with Crippen LogP contribution in [0.1, 0.15) is 23.7 Å². The zero-order valence-electron chi connectivity index (χ0n) is 10.8. The van der Waals surface area contributed by atoms with Crippen LogP contribution in [0.5, 0.6) is 5.75 Å². The van der Waals surface area contributed by atoms with Gasteiger partial charge in [-0.2, -0.15) is 0 Å². The van der Waals surface area contributed by atoms with E-state index in [9.17, 15) is 4.79 Å². The minimum atomic E-state index is -0.466. The van der Waals surface area contributed by atoms with E-state index in [1.807, 2.05) is 6.92 Å². The lowest BCUT2D eigenvalue weighted by Gasteiger charge is -2.11. The van der Waals surface area contributed by atoms with Crippen LogP contribution in [0.2, 0.25) is 0 Å². The molecule has 100 valence electrons. The molecule has 5 heteroatoms. The van der Waals surface area contributed by atoms with Crippen molar-refractivity contribution in [1.82, 2.24) is 0 Å². The first kappa shape index (κ1) is 14.3. The van der Waals surface area contributed by atoms with Crippen LogP contribution in [0.3, 0.4) is 0 Å². The Balaban J connectivity index is 2.61. The lowest BCUT2D eigenvalue weighted by atomic mass is 10.2. The molecule has 0 atom stereocenters. The van der Waals surface area contributed by atoms with E-state index in [2.05, 4.69) is 4.74 Å². The van der Waals surface area contributed by atoms with E-state index in [0.29, 0.717) is 36.8 Å². The summed E-state index contributed by atoms with van der Waals surface area (Å²) in [6, 6.07) is 4.87. The van der Waals surface area contributed by atoms with Gasteiger partial charge in [0.25, 0.3) is 0 Å². The maximum Gasteiger partial charge on any atom is 0.341 e. The molecule has 1 aromatic rings. The summed E-state index contributed by atoms with van der Waals surface area (Å²) in [5.41, 5.74) is 6.44. The molecule has 0 aliphatic rings. The smallest absolute Gasteiger partial charge is 0.341 e. The van der Waals surface area contributed by atoms with Gasteiger partial charge in [-0.25, -0.2) is 4.79 Å². The van der Waals surface area contributed by atoms with Crippen molar-refractivity contribution in [3.63, 3.8) is 0 Å². The van der Waals surface area contributed by atoms with Crippen LogP contribution < -0.4 is 10.5 Å².